The van der Waals surface area contributed by atoms with E-state index in [9.17, 15) is 14.4 Å². The molecule has 6 heteroatoms. The van der Waals surface area contributed by atoms with Gasteiger partial charge in [-0.15, -0.1) is 0 Å². The number of hydrogen-bond donors (Lipinski definition) is 1. The van der Waals surface area contributed by atoms with Gasteiger partial charge < -0.3 is 4.74 Å². The second-order valence-corrected chi connectivity index (χ2v) is 4.43. The molecule has 1 heterocycles. The van der Waals surface area contributed by atoms with Crippen LogP contribution in [0.3, 0.4) is 0 Å². The molecule has 0 radical (unpaired) electrons. The summed E-state index contributed by atoms with van der Waals surface area (Å²) in [5.74, 6) is -0.652. The summed E-state index contributed by atoms with van der Waals surface area (Å²) in [6.07, 6.45) is 3.28. The van der Waals surface area contributed by atoms with Gasteiger partial charge in [0.25, 0.3) is 0 Å². The van der Waals surface area contributed by atoms with Crippen LogP contribution in [-0.2, 0) is 14.3 Å². The Morgan fingerprint density at radius 2 is 2.05 bits per heavy atom. The van der Waals surface area contributed by atoms with Crippen LogP contribution in [0.25, 0.3) is 6.08 Å². The predicted molar refractivity (Wildman–Crippen MR) is 77.6 cm³/mol. The quantitative estimate of drug-likeness (QED) is 0.676. The van der Waals surface area contributed by atoms with E-state index in [4.69, 9.17) is 4.74 Å². The first-order valence-electron chi connectivity index (χ1n) is 6.66. The van der Waals surface area contributed by atoms with Gasteiger partial charge >= 0.3 is 12.0 Å². The van der Waals surface area contributed by atoms with E-state index in [2.05, 4.69) is 5.32 Å². The predicted octanol–water partition coefficient (Wildman–Crippen LogP) is 1.71. The van der Waals surface area contributed by atoms with Crippen molar-refractivity contribution in [3.63, 3.8) is 0 Å². The zero-order valence-corrected chi connectivity index (χ0v) is 11.7. The van der Waals surface area contributed by atoms with Gasteiger partial charge in [0.1, 0.15) is 0 Å². The summed E-state index contributed by atoms with van der Waals surface area (Å²) in [7, 11) is 0. The fraction of sp³-hybridized carbons (Fsp3) is 0.267. The van der Waals surface area contributed by atoms with Crippen LogP contribution in [-0.4, -0.2) is 31.1 Å². The Balaban J connectivity index is 2.03. The molecule has 1 aromatic carbocycles. The van der Waals surface area contributed by atoms with Crippen LogP contribution in [0.4, 0.5) is 10.5 Å². The number of imide groups is 1. The lowest BCUT2D eigenvalue weighted by Crippen LogP contribution is -2.49. The minimum Gasteiger partial charge on any atom is -0.463 e. The van der Waals surface area contributed by atoms with Crippen LogP contribution < -0.4 is 10.2 Å². The fourth-order valence-electron chi connectivity index (χ4n) is 1.93. The standard InChI is InChI=1S/C15H16N2O4/c1-2-21-14(19)8-5-11-3-6-12(7-4-11)17-10-9-13(18)16-15(17)20/h3-8H,2,9-10H2,1H3,(H,16,18,20)/b8-5+. The molecule has 0 atom stereocenters. The average molecular weight is 288 g/mol. The molecule has 21 heavy (non-hydrogen) atoms. The van der Waals surface area contributed by atoms with Gasteiger partial charge in [0.05, 0.1) is 6.61 Å². The number of hydrogen-bond acceptors (Lipinski definition) is 4. The van der Waals surface area contributed by atoms with E-state index < -0.39 is 12.0 Å². The van der Waals surface area contributed by atoms with Crippen LogP contribution in [0.2, 0.25) is 0 Å². The number of anilines is 1. The topological polar surface area (TPSA) is 75.7 Å². The van der Waals surface area contributed by atoms with Crippen LogP contribution in [0.5, 0.6) is 0 Å². The van der Waals surface area contributed by atoms with E-state index in [0.717, 1.165) is 5.56 Å². The van der Waals surface area contributed by atoms with E-state index in [1.807, 2.05) is 0 Å². The summed E-state index contributed by atoms with van der Waals surface area (Å²) >= 11 is 0. The molecule has 0 saturated carbocycles. The van der Waals surface area contributed by atoms with Crippen molar-refractivity contribution < 1.29 is 19.1 Å². The zero-order valence-electron chi connectivity index (χ0n) is 11.7. The third kappa shape index (κ3) is 3.92. The SMILES string of the molecule is CCOC(=O)/C=C/c1ccc(N2CCC(=O)NC2=O)cc1. The first-order chi connectivity index (χ1) is 10.1. The van der Waals surface area contributed by atoms with Gasteiger partial charge in [0.2, 0.25) is 5.91 Å². The Bertz CT molecular complexity index is 578. The summed E-state index contributed by atoms with van der Waals surface area (Å²) in [5, 5.41) is 2.27. The smallest absolute Gasteiger partial charge is 0.330 e. The summed E-state index contributed by atoms with van der Waals surface area (Å²) in [6.45, 7) is 2.45. The molecule has 0 aliphatic carbocycles. The molecule has 2 rings (SSSR count). The Morgan fingerprint density at radius 3 is 2.67 bits per heavy atom. The van der Waals surface area contributed by atoms with Crippen molar-refractivity contribution in [2.45, 2.75) is 13.3 Å². The zero-order chi connectivity index (χ0) is 15.2. The molecular formula is C15H16N2O4. The number of nitrogens with one attached hydrogen (secondary N) is 1. The second-order valence-electron chi connectivity index (χ2n) is 4.43. The maximum atomic E-state index is 11.7. The van der Waals surface area contributed by atoms with Gasteiger partial charge in [-0.05, 0) is 30.7 Å². The Labute approximate surface area is 122 Å². The highest BCUT2D eigenvalue weighted by molar-refractivity contribution is 6.05. The minimum atomic E-state index is -0.416. The number of amides is 3. The van der Waals surface area contributed by atoms with Gasteiger partial charge in [0, 0.05) is 24.7 Å². The summed E-state index contributed by atoms with van der Waals surface area (Å²) in [6, 6.07) is 6.69. The van der Waals surface area contributed by atoms with Crippen LogP contribution in [0.15, 0.2) is 30.3 Å². The highest BCUT2D eigenvalue weighted by Gasteiger charge is 2.23. The highest BCUT2D eigenvalue weighted by Crippen LogP contribution is 2.18. The molecule has 0 aromatic heterocycles. The van der Waals surface area contributed by atoms with Crippen molar-refractivity contribution in [2.75, 3.05) is 18.1 Å². The first kappa shape index (κ1) is 14.8. The summed E-state index contributed by atoms with van der Waals surface area (Å²) in [5.41, 5.74) is 1.52. The number of rotatable bonds is 4. The molecule has 1 N–H and O–H groups in total. The van der Waals surface area contributed by atoms with Crippen LogP contribution >= 0.6 is 0 Å². The average Bonchev–Trinajstić information content (AvgIpc) is 2.46. The fourth-order valence-corrected chi connectivity index (χ4v) is 1.93. The van der Waals surface area contributed by atoms with Gasteiger partial charge in [0.15, 0.2) is 0 Å². The van der Waals surface area contributed by atoms with Gasteiger partial charge in [-0.1, -0.05) is 12.1 Å². The molecule has 3 amide bonds. The maximum Gasteiger partial charge on any atom is 0.330 e. The normalized spacial score (nSPS) is 15.2. The summed E-state index contributed by atoms with van der Waals surface area (Å²) in [4.78, 5) is 35.5. The number of ether oxygens (including phenoxy) is 1. The molecule has 1 saturated heterocycles. The molecular weight excluding hydrogens is 272 g/mol. The van der Waals surface area contributed by atoms with E-state index in [1.54, 1.807) is 37.3 Å². The third-order valence-electron chi connectivity index (χ3n) is 2.96. The van der Waals surface area contributed by atoms with Crippen molar-refractivity contribution in [2.24, 2.45) is 0 Å². The number of benzene rings is 1. The monoisotopic (exact) mass is 288 g/mol. The molecule has 0 spiro atoms. The molecule has 0 unspecified atom stereocenters. The number of nitrogens with zero attached hydrogens (tertiary/aromatic N) is 1. The lowest BCUT2D eigenvalue weighted by molar-refractivity contribution is -0.137. The van der Waals surface area contributed by atoms with Crippen LogP contribution in [0.1, 0.15) is 18.9 Å². The maximum absolute atomic E-state index is 11.7. The third-order valence-corrected chi connectivity index (χ3v) is 2.96. The number of carbonyl (C=O) groups is 3. The largest absolute Gasteiger partial charge is 0.463 e. The molecule has 6 nitrogen and oxygen atoms in total. The lowest BCUT2D eigenvalue weighted by Gasteiger charge is -2.26. The van der Waals surface area contributed by atoms with E-state index in [1.165, 1.54) is 11.0 Å². The number of carbonyl (C=O) groups excluding carboxylic acids is 3. The second kappa shape index (κ2) is 6.69. The minimum absolute atomic E-state index is 0.259. The molecule has 1 aromatic rings. The van der Waals surface area contributed by atoms with Crippen molar-refractivity contribution in [3.8, 4) is 0 Å². The highest BCUT2D eigenvalue weighted by atomic mass is 16.5. The summed E-state index contributed by atoms with van der Waals surface area (Å²) < 4.78 is 4.79. The van der Waals surface area contributed by atoms with E-state index >= 15 is 0 Å². The Morgan fingerprint density at radius 1 is 1.33 bits per heavy atom. The Kier molecular flexibility index (Phi) is 4.71. The van der Waals surface area contributed by atoms with Gasteiger partial charge in [-0.3, -0.25) is 15.0 Å². The van der Waals surface area contributed by atoms with Crippen molar-refractivity contribution in [3.05, 3.63) is 35.9 Å². The molecule has 1 aliphatic heterocycles. The molecule has 110 valence electrons. The van der Waals surface area contributed by atoms with E-state index in [0.29, 0.717) is 18.8 Å². The number of esters is 1. The van der Waals surface area contributed by atoms with Crippen molar-refractivity contribution >= 4 is 29.7 Å². The number of urea groups is 1. The van der Waals surface area contributed by atoms with E-state index in [-0.39, 0.29) is 12.3 Å². The van der Waals surface area contributed by atoms with Crippen molar-refractivity contribution in [1.82, 2.24) is 5.32 Å². The van der Waals surface area contributed by atoms with Gasteiger partial charge in [-0.25, -0.2) is 9.59 Å². The first-order valence-corrected chi connectivity index (χ1v) is 6.66. The molecule has 0 bridgehead atoms. The van der Waals surface area contributed by atoms with Crippen LogP contribution in [0, 0.1) is 0 Å². The lowest BCUT2D eigenvalue weighted by atomic mass is 10.1. The van der Waals surface area contributed by atoms with Crippen molar-refractivity contribution in [1.29, 1.82) is 0 Å². The Hall–Kier alpha value is -2.63. The van der Waals surface area contributed by atoms with Gasteiger partial charge in [-0.2, -0.15) is 0 Å². The molecule has 1 fully saturated rings. The molecule has 1 aliphatic rings.